The third-order valence-corrected chi connectivity index (χ3v) is 5.66. The summed E-state index contributed by atoms with van der Waals surface area (Å²) in [6.45, 7) is 1.87. The first-order chi connectivity index (χ1) is 16.3. The number of ether oxygens (including phenoxy) is 2. The molecule has 0 saturated heterocycles. The van der Waals surface area contributed by atoms with Crippen LogP contribution in [0.15, 0.2) is 59.5 Å². The van der Waals surface area contributed by atoms with E-state index < -0.39 is 17.8 Å². The van der Waals surface area contributed by atoms with Crippen molar-refractivity contribution in [3.63, 3.8) is 0 Å². The molecule has 1 aromatic heterocycles. The summed E-state index contributed by atoms with van der Waals surface area (Å²) in [5, 5.41) is 14.5. The SMILES string of the molecule is CCOC(=O)c1ccsc1NC(=O)/C(C#N)=C/c1cccc(OC(=O)c2ccc(Cl)cc2Cl)c1. The number of hydrogen-bond donors (Lipinski definition) is 1. The van der Waals surface area contributed by atoms with Gasteiger partial charge < -0.3 is 14.8 Å². The predicted octanol–water partition coefficient (Wildman–Crippen LogP) is 6.00. The highest BCUT2D eigenvalue weighted by molar-refractivity contribution is 7.14. The van der Waals surface area contributed by atoms with Crippen LogP contribution in [0.2, 0.25) is 10.0 Å². The molecule has 0 unspecified atom stereocenters. The maximum Gasteiger partial charge on any atom is 0.345 e. The van der Waals surface area contributed by atoms with Gasteiger partial charge in [0.05, 0.1) is 22.8 Å². The lowest BCUT2D eigenvalue weighted by atomic mass is 10.1. The molecule has 2 aromatic carbocycles. The van der Waals surface area contributed by atoms with Gasteiger partial charge in [-0.3, -0.25) is 4.79 Å². The quantitative estimate of drug-likeness (QED) is 0.179. The van der Waals surface area contributed by atoms with Gasteiger partial charge in [0, 0.05) is 5.02 Å². The van der Waals surface area contributed by atoms with Crippen molar-refractivity contribution < 1.29 is 23.9 Å². The van der Waals surface area contributed by atoms with Gasteiger partial charge >= 0.3 is 11.9 Å². The van der Waals surface area contributed by atoms with Crippen molar-refractivity contribution >= 4 is 63.5 Å². The zero-order chi connectivity index (χ0) is 24.7. The van der Waals surface area contributed by atoms with Crippen LogP contribution in [0.3, 0.4) is 0 Å². The van der Waals surface area contributed by atoms with Crippen LogP contribution in [0.5, 0.6) is 5.75 Å². The number of halogens is 2. The smallest absolute Gasteiger partial charge is 0.345 e. The molecule has 0 radical (unpaired) electrons. The van der Waals surface area contributed by atoms with Crippen LogP contribution in [-0.2, 0) is 9.53 Å². The zero-order valence-corrected chi connectivity index (χ0v) is 20.0. The molecule has 0 aliphatic rings. The fourth-order valence-electron chi connectivity index (χ4n) is 2.75. The average Bonchev–Trinajstić information content (AvgIpc) is 3.26. The first-order valence-corrected chi connectivity index (χ1v) is 11.4. The summed E-state index contributed by atoms with van der Waals surface area (Å²) in [5.74, 6) is -1.78. The van der Waals surface area contributed by atoms with E-state index in [-0.39, 0.29) is 39.1 Å². The second-order valence-corrected chi connectivity index (χ2v) is 8.35. The first kappa shape index (κ1) is 25.0. The van der Waals surface area contributed by atoms with Crippen LogP contribution in [0.1, 0.15) is 33.2 Å². The molecule has 0 spiro atoms. The van der Waals surface area contributed by atoms with Gasteiger partial charge in [0.1, 0.15) is 22.4 Å². The van der Waals surface area contributed by atoms with E-state index in [1.807, 2.05) is 6.07 Å². The van der Waals surface area contributed by atoms with Crippen molar-refractivity contribution in [3.05, 3.63) is 86.2 Å². The summed E-state index contributed by atoms with van der Waals surface area (Å²) in [4.78, 5) is 37.1. The maximum atomic E-state index is 12.6. The summed E-state index contributed by atoms with van der Waals surface area (Å²) in [5.41, 5.74) is 0.563. The largest absolute Gasteiger partial charge is 0.462 e. The minimum absolute atomic E-state index is 0.137. The lowest BCUT2D eigenvalue weighted by Gasteiger charge is -2.07. The molecule has 0 bridgehead atoms. The highest BCUT2D eigenvalue weighted by atomic mass is 35.5. The second-order valence-electron chi connectivity index (χ2n) is 6.59. The minimum atomic E-state index is -0.703. The number of carbonyl (C=O) groups is 3. The van der Waals surface area contributed by atoms with Gasteiger partial charge in [0.25, 0.3) is 5.91 Å². The number of hydrogen-bond acceptors (Lipinski definition) is 7. The Morgan fingerprint density at radius 2 is 1.88 bits per heavy atom. The summed E-state index contributed by atoms with van der Waals surface area (Å²) in [7, 11) is 0. The Balaban J connectivity index is 1.77. The number of benzene rings is 2. The number of anilines is 1. The van der Waals surface area contributed by atoms with Crippen LogP contribution in [0.25, 0.3) is 6.08 Å². The number of nitriles is 1. The van der Waals surface area contributed by atoms with Gasteiger partial charge in [-0.1, -0.05) is 35.3 Å². The Bertz CT molecular complexity index is 1330. The van der Waals surface area contributed by atoms with E-state index in [4.69, 9.17) is 32.7 Å². The van der Waals surface area contributed by atoms with E-state index in [2.05, 4.69) is 5.32 Å². The average molecular weight is 515 g/mol. The van der Waals surface area contributed by atoms with Crippen molar-refractivity contribution in [1.29, 1.82) is 5.26 Å². The summed E-state index contributed by atoms with van der Waals surface area (Å²) >= 11 is 13.0. The van der Waals surface area contributed by atoms with Crippen molar-refractivity contribution in [2.75, 3.05) is 11.9 Å². The van der Waals surface area contributed by atoms with Gasteiger partial charge in [-0.25, -0.2) is 9.59 Å². The highest BCUT2D eigenvalue weighted by Crippen LogP contribution is 2.26. The normalized spacial score (nSPS) is 10.8. The Kier molecular flexibility index (Phi) is 8.44. The molecule has 1 heterocycles. The Morgan fingerprint density at radius 1 is 1.09 bits per heavy atom. The summed E-state index contributed by atoms with van der Waals surface area (Å²) < 4.78 is 10.3. The fourth-order valence-corrected chi connectivity index (χ4v) is 4.00. The molecule has 0 fully saturated rings. The van der Waals surface area contributed by atoms with Crippen LogP contribution >= 0.6 is 34.5 Å². The van der Waals surface area contributed by atoms with Gasteiger partial charge in [0.2, 0.25) is 0 Å². The number of thiophene rings is 1. The Morgan fingerprint density at radius 3 is 2.59 bits per heavy atom. The predicted molar refractivity (Wildman–Crippen MR) is 130 cm³/mol. The molecule has 1 N–H and O–H groups in total. The van der Waals surface area contributed by atoms with Crippen LogP contribution in [-0.4, -0.2) is 24.5 Å². The fraction of sp³-hybridized carbons (Fsp3) is 0.0833. The lowest BCUT2D eigenvalue weighted by Crippen LogP contribution is -2.15. The number of nitrogens with one attached hydrogen (secondary N) is 1. The molecule has 7 nitrogen and oxygen atoms in total. The number of esters is 2. The molecule has 0 atom stereocenters. The molecular weight excluding hydrogens is 499 g/mol. The summed E-state index contributed by atoms with van der Waals surface area (Å²) in [6.07, 6.45) is 1.33. The maximum absolute atomic E-state index is 12.6. The molecule has 0 aliphatic carbocycles. The number of carbonyl (C=O) groups excluding carboxylic acids is 3. The standard InChI is InChI=1S/C24H16Cl2N2O5S/c1-2-32-23(30)19-8-9-34-22(19)28-21(29)15(13-27)10-14-4-3-5-17(11-14)33-24(31)18-7-6-16(25)12-20(18)26/h3-12H,2H2,1H3,(H,28,29)/b15-10+. The van der Waals surface area contributed by atoms with Crippen LogP contribution < -0.4 is 10.1 Å². The molecule has 0 aliphatic heterocycles. The molecule has 1 amide bonds. The van der Waals surface area contributed by atoms with Crippen LogP contribution in [0, 0.1) is 11.3 Å². The third-order valence-electron chi connectivity index (χ3n) is 4.28. The minimum Gasteiger partial charge on any atom is -0.462 e. The second kappa shape index (κ2) is 11.5. The lowest BCUT2D eigenvalue weighted by molar-refractivity contribution is -0.112. The van der Waals surface area contributed by atoms with Crippen molar-refractivity contribution in [2.24, 2.45) is 0 Å². The topological polar surface area (TPSA) is 105 Å². The number of amides is 1. The molecule has 172 valence electrons. The van der Waals surface area contributed by atoms with Crippen molar-refractivity contribution in [1.82, 2.24) is 0 Å². The van der Waals surface area contributed by atoms with Gasteiger partial charge in [-0.15, -0.1) is 11.3 Å². The van der Waals surface area contributed by atoms with E-state index in [9.17, 15) is 19.6 Å². The monoisotopic (exact) mass is 514 g/mol. The van der Waals surface area contributed by atoms with Crippen molar-refractivity contribution in [3.8, 4) is 11.8 Å². The number of rotatable bonds is 7. The summed E-state index contributed by atoms with van der Waals surface area (Å²) in [6, 6.07) is 14.0. The first-order valence-electron chi connectivity index (χ1n) is 9.77. The van der Waals surface area contributed by atoms with E-state index in [1.165, 1.54) is 36.4 Å². The van der Waals surface area contributed by atoms with E-state index >= 15 is 0 Å². The third kappa shape index (κ3) is 6.23. The molecule has 34 heavy (non-hydrogen) atoms. The van der Waals surface area contributed by atoms with Crippen molar-refractivity contribution in [2.45, 2.75) is 6.92 Å². The van der Waals surface area contributed by atoms with E-state index in [0.717, 1.165) is 11.3 Å². The van der Waals surface area contributed by atoms with E-state index in [0.29, 0.717) is 10.6 Å². The Labute approximate surface area is 209 Å². The molecular formula is C24H16Cl2N2O5S. The highest BCUT2D eigenvalue weighted by Gasteiger charge is 2.18. The molecule has 10 heteroatoms. The van der Waals surface area contributed by atoms with Crippen LogP contribution in [0.4, 0.5) is 5.00 Å². The zero-order valence-electron chi connectivity index (χ0n) is 17.6. The van der Waals surface area contributed by atoms with E-state index in [1.54, 1.807) is 30.5 Å². The van der Waals surface area contributed by atoms with Gasteiger partial charge in [-0.05, 0) is 60.3 Å². The van der Waals surface area contributed by atoms with Gasteiger partial charge in [0.15, 0.2) is 0 Å². The van der Waals surface area contributed by atoms with Gasteiger partial charge in [-0.2, -0.15) is 5.26 Å². The molecule has 3 rings (SSSR count). The Hall–Kier alpha value is -3.64. The molecule has 3 aromatic rings. The number of nitrogens with zero attached hydrogens (tertiary/aromatic N) is 1. The molecule has 0 saturated carbocycles.